The molecule has 2 rings (SSSR count). The van der Waals surface area contributed by atoms with Gasteiger partial charge in [-0.3, -0.25) is 4.79 Å². The molecule has 7 nitrogen and oxygen atoms in total. The van der Waals surface area contributed by atoms with Crippen LogP contribution in [0, 0.1) is 0 Å². The highest BCUT2D eigenvalue weighted by Gasteiger charge is 2.35. The second kappa shape index (κ2) is 5.07. The van der Waals surface area contributed by atoms with E-state index >= 15 is 0 Å². The molecule has 0 radical (unpaired) electrons. The number of H-pyrrole nitrogens is 1. The molecule has 100 valence electrons. The van der Waals surface area contributed by atoms with E-state index in [-0.39, 0.29) is 11.4 Å². The van der Waals surface area contributed by atoms with Gasteiger partial charge in [0.25, 0.3) is 10.0 Å². The number of nitrogens with one attached hydrogen (secondary N) is 1. The first-order valence-corrected chi connectivity index (χ1v) is 7.18. The zero-order valence-electron chi connectivity index (χ0n) is 9.74. The molecule has 1 aromatic heterocycles. The zero-order chi connectivity index (χ0) is 13.2. The molecule has 0 spiro atoms. The average molecular weight is 273 g/mol. The predicted molar refractivity (Wildman–Crippen MR) is 62.4 cm³/mol. The molecule has 1 saturated heterocycles. The van der Waals surface area contributed by atoms with E-state index in [1.807, 2.05) is 0 Å². The van der Waals surface area contributed by atoms with Crippen LogP contribution in [0.4, 0.5) is 0 Å². The largest absolute Gasteiger partial charge is 0.481 e. The number of sulfonamides is 1. The van der Waals surface area contributed by atoms with Crippen molar-refractivity contribution in [1.29, 1.82) is 0 Å². The Morgan fingerprint density at radius 2 is 2.33 bits per heavy atom. The summed E-state index contributed by atoms with van der Waals surface area (Å²) >= 11 is 0. The molecule has 0 aliphatic carbocycles. The first-order valence-electron chi connectivity index (χ1n) is 5.74. The summed E-state index contributed by atoms with van der Waals surface area (Å²) in [6.45, 7) is 0.360. The lowest BCUT2D eigenvalue weighted by atomic mass is 10.0. The maximum Gasteiger partial charge on any atom is 0.304 e. The quantitative estimate of drug-likeness (QED) is 0.827. The predicted octanol–water partition coefficient (Wildman–Crippen LogP) is 0.428. The maximum absolute atomic E-state index is 12.3. The van der Waals surface area contributed by atoms with Gasteiger partial charge in [0.05, 0.1) is 18.9 Å². The van der Waals surface area contributed by atoms with E-state index in [4.69, 9.17) is 5.11 Å². The number of aromatic amines is 1. The summed E-state index contributed by atoms with van der Waals surface area (Å²) in [7, 11) is -3.66. The molecule has 1 aromatic rings. The van der Waals surface area contributed by atoms with Crippen molar-refractivity contribution in [3.05, 3.63) is 12.5 Å². The smallest absolute Gasteiger partial charge is 0.304 e. The lowest BCUT2D eigenvalue weighted by molar-refractivity contribution is -0.138. The molecule has 2 N–H and O–H groups in total. The molecule has 0 aromatic carbocycles. The zero-order valence-corrected chi connectivity index (χ0v) is 10.6. The van der Waals surface area contributed by atoms with Crippen LogP contribution in [0.3, 0.4) is 0 Å². The standard InChI is InChI=1S/C10H15N3O4S/c14-10(15)5-8-3-1-2-4-13(8)18(16,17)9-6-11-7-12-9/h6-8H,1-5H2,(H,11,12)(H,14,15). The molecular weight excluding hydrogens is 258 g/mol. The fourth-order valence-corrected chi connectivity index (χ4v) is 3.80. The van der Waals surface area contributed by atoms with Crippen molar-refractivity contribution >= 4 is 16.0 Å². The third kappa shape index (κ3) is 2.54. The molecule has 1 aliphatic rings. The Labute approximate surface area is 105 Å². The van der Waals surface area contributed by atoms with Crippen LogP contribution in [0.2, 0.25) is 0 Å². The number of piperidine rings is 1. The van der Waals surface area contributed by atoms with Gasteiger partial charge in [-0.1, -0.05) is 6.42 Å². The molecule has 2 heterocycles. The van der Waals surface area contributed by atoms with Gasteiger partial charge in [-0.15, -0.1) is 0 Å². The van der Waals surface area contributed by atoms with Crippen LogP contribution < -0.4 is 0 Å². The van der Waals surface area contributed by atoms with Crippen LogP contribution in [0.15, 0.2) is 17.6 Å². The first kappa shape index (κ1) is 13.0. The van der Waals surface area contributed by atoms with Crippen LogP contribution >= 0.6 is 0 Å². The van der Waals surface area contributed by atoms with E-state index in [9.17, 15) is 13.2 Å². The van der Waals surface area contributed by atoms with E-state index in [1.165, 1.54) is 16.8 Å². The van der Waals surface area contributed by atoms with Crippen molar-refractivity contribution in [2.24, 2.45) is 0 Å². The maximum atomic E-state index is 12.3. The number of aromatic nitrogens is 2. The van der Waals surface area contributed by atoms with Gasteiger partial charge in [-0.05, 0) is 12.8 Å². The van der Waals surface area contributed by atoms with Crippen molar-refractivity contribution in [2.45, 2.75) is 36.8 Å². The van der Waals surface area contributed by atoms with Crippen LogP contribution in [-0.2, 0) is 14.8 Å². The minimum absolute atomic E-state index is 0.0137. The first-order chi connectivity index (χ1) is 8.51. The number of nitrogens with zero attached hydrogens (tertiary/aromatic N) is 2. The molecule has 0 saturated carbocycles. The summed E-state index contributed by atoms with van der Waals surface area (Å²) in [4.78, 5) is 17.0. The molecule has 1 aliphatic heterocycles. The second-order valence-electron chi connectivity index (χ2n) is 4.28. The van der Waals surface area contributed by atoms with E-state index in [0.29, 0.717) is 13.0 Å². The monoisotopic (exact) mass is 273 g/mol. The highest BCUT2D eigenvalue weighted by molar-refractivity contribution is 7.89. The molecular formula is C10H15N3O4S. The molecule has 0 amide bonds. The highest BCUT2D eigenvalue weighted by atomic mass is 32.2. The fourth-order valence-electron chi connectivity index (χ4n) is 2.21. The molecule has 1 atom stereocenters. The number of rotatable bonds is 4. The summed E-state index contributed by atoms with van der Waals surface area (Å²) < 4.78 is 25.9. The van der Waals surface area contributed by atoms with Crippen molar-refractivity contribution in [1.82, 2.24) is 14.3 Å². The molecule has 1 fully saturated rings. The number of imidazole rings is 1. The summed E-state index contributed by atoms with van der Waals surface area (Å²) in [5.74, 6) is -0.980. The number of carboxylic acids is 1. The Bertz CT molecular complexity index is 511. The summed E-state index contributed by atoms with van der Waals surface area (Å²) in [6.07, 6.45) is 4.56. The average Bonchev–Trinajstić information content (AvgIpc) is 2.82. The molecule has 0 bridgehead atoms. The van der Waals surface area contributed by atoms with Crippen molar-refractivity contribution < 1.29 is 18.3 Å². The number of carboxylic acid groups (broad SMARTS) is 1. The van der Waals surface area contributed by atoms with E-state index in [1.54, 1.807) is 0 Å². The van der Waals surface area contributed by atoms with Gasteiger partial charge in [0, 0.05) is 12.6 Å². The minimum Gasteiger partial charge on any atom is -0.481 e. The Balaban J connectivity index is 2.26. The molecule has 8 heteroatoms. The SMILES string of the molecule is O=C(O)CC1CCCCN1S(=O)(=O)c1cnc[nH]1. The lowest BCUT2D eigenvalue weighted by Crippen LogP contribution is -2.44. The Morgan fingerprint density at radius 1 is 1.56 bits per heavy atom. The van der Waals surface area contributed by atoms with Gasteiger partial charge in [0.15, 0.2) is 5.03 Å². The van der Waals surface area contributed by atoms with Gasteiger partial charge in [0.2, 0.25) is 0 Å². The van der Waals surface area contributed by atoms with Gasteiger partial charge >= 0.3 is 5.97 Å². The lowest BCUT2D eigenvalue weighted by Gasteiger charge is -2.33. The van der Waals surface area contributed by atoms with E-state index in [2.05, 4.69) is 9.97 Å². The third-order valence-corrected chi connectivity index (χ3v) is 4.92. The van der Waals surface area contributed by atoms with Gasteiger partial charge in [-0.2, -0.15) is 4.31 Å². The molecule has 18 heavy (non-hydrogen) atoms. The highest BCUT2D eigenvalue weighted by Crippen LogP contribution is 2.25. The van der Waals surface area contributed by atoms with Crippen molar-refractivity contribution in [3.63, 3.8) is 0 Å². The van der Waals surface area contributed by atoms with Crippen LogP contribution in [-0.4, -0.2) is 46.4 Å². The second-order valence-corrected chi connectivity index (χ2v) is 6.14. The molecule has 1 unspecified atom stereocenters. The summed E-state index contributed by atoms with van der Waals surface area (Å²) in [5, 5.41) is 8.85. The van der Waals surface area contributed by atoms with Crippen LogP contribution in [0.5, 0.6) is 0 Å². The van der Waals surface area contributed by atoms with Gasteiger partial charge in [0.1, 0.15) is 0 Å². The van der Waals surface area contributed by atoms with E-state index < -0.39 is 22.0 Å². The van der Waals surface area contributed by atoms with Crippen molar-refractivity contribution in [2.75, 3.05) is 6.54 Å². The topological polar surface area (TPSA) is 103 Å². The van der Waals surface area contributed by atoms with E-state index in [0.717, 1.165) is 12.8 Å². The number of hydrogen-bond donors (Lipinski definition) is 2. The minimum atomic E-state index is -3.66. The Morgan fingerprint density at radius 3 is 2.94 bits per heavy atom. The van der Waals surface area contributed by atoms with Crippen molar-refractivity contribution in [3.8, 4) is 0 Å². The summed E-state index contributed by atoms with van der Waals surface area (Å²) in [6, 6.07) is -0.468. The van der Waals surface area contributed by atoms with Gasteiger partial charge < -0.3 is 10.1 Å². The third-order valence-electron chi connectivity index (χ3n) is 3.04. The fraction of sp³-hybridized carbons (Fsp3) is 0.600. The van der Waals surface area contributed by atoms with Crippen LogP contribution in [0.25, 0.3) is 0 Å². The normalized spacial score (nSPS) is 21.9. The number of carbonyl (C=O) groups is 1. The number of hydrogen-bond acceptors (Lipinski definition) is 4. The van der Waals surface area contributed by atoms with Gasteiger partial charge in [-0.25, -0.2) is 13.4 Å². The summed E-state index contributed by atoms with van der Waals surface area (Å²) in [5.41, 5.74) is 0. The Hall–Kier alpha value is -1.41. The van der Waals surface area contributed by atoms with Crippen LogP contribution in [0.1, 0.15) is 25.7 Å². The Kier molecular flexibility index (Phi) is 3.67. The number of aliphatic carboxylic acids is 1.